The van der Waals surface area contributed by atoms with E-state index in [9.17, 15) is 14.4 Å². The number of aromatic nitrogens is 2. The van der Waals surface area contributed by atoms with E-state index in [2.05, 4.69) is 76.5 Å². The second kappa shape index (κ2) is 30.3. The van der Waals surface area contributed by atoms with Crippen LogP contribution in [0.25, 0.3) is 5.69 Å². The highest BCUT2D eigenvalue weighted by Crippen LogP contribution is 2.39. The van der Waals surface area contributed by atoms with E-state index in [-0.39, 0.29) is 38.3 Å². The number of unbranched alkanes of at least 4 members (excludes halogenated alkanes) is 14. The first kappa shape index (κ1) is 56.3. The Hall–Kier alpha value is -3.62. The Labute approximate surface area is 443 Å². The van der Waals surface area contributed by atoms with E-state index in [1.54, 1.807) is 36.4 Å². The van der Waals surface area contributed by atoms with Crippen LogP contribution in [0.15, 0.2) is 87.4 Å². The van der Waals surface area contributed by atoms with Crippen LogP contribution in [0.1, 0.15) is 165 Å². The van der Waals surface area contributed by atoms with Gasteiger partial charge in [-0.25, -0.2) is 4.68 Å². The maximum Gasteiger partial charge on any atom is 0.287 e. The van der Waals surface area contributed by atoms with Crippen LogP contribution >= 0.6 is 69.2 Å². The molecule has 5 rings (SSSR count). The lowest BCUT2D eigenvalue weighted by Crippen LogP contribution is -2.32. The standard InChI is InChI=1S/C55H71Cl3IN5O4S/c1-5-9-12-13-14-15-16-17-18-19-24-33-60-53(65)40-30-31-42(56)46(35-40)61-52-51(55(67)64(63-52)50-43(57)36-41(59)37-44(50)58)69-49-28-23-22-27-45(49)62-54(66)47(8-4)68-48-32-29-38(25-20-10-6-2)34-39(48)26-21-11-7-3/h22-23,27-32,34-37,47,61,63H,5-21,24-26,33H2,1-4H3,(H,60,65)(H,62,66). The smallest absolute Gasteiger partial charge is 0.287 e. The van der Waals surface area contributed by atoms with Crippen LogP contribution < -0.4 is 26.2 Å². The highest BCUT2D eigenvalue weighted by molar-refractivity contribution is 14.1. The van der Waals surface area contributed by atoms with Gasteiger partial charge in [0.15, 0.2) is 6.10 Å². The number of nitrogens with one attached hydrogen (secondary N) is 4. The number of aryl methyl sites for hydroxylation is 2. The highest BCUT2D eigenvalue weighted by Gasteiger charge is 2.25. The Morgan fingerprint density at radius 2 is 1.33 bits per heavy atom. The second-order valence-electron chi connectivity index (χ2n) is 17.7. The quantitative estimate of drug-likeness (QED) is 0.0259. The molecule has 0 aliphatic carbocycles. The number of aromatic amines is 1. The molecule has 0 aliphatic heterocycles. The summed E-state index contributed by atoms with van der Waals surface area (Å²) >= 11 is 23.6. The average Bonchev–Trinajstić information content (AvgIpc) is 3.62. The van der Waals surface area contributed by atoms with Gasteiger partial charge in [0.1, 0.15) is 22.2 Å². The third-order valence-electron chi connectivity index (χ3n) is 12.1. The van der Waals surface area contributed by atoms with Gasteiger partial charge in [-0.3, -0.25) is 19.5 Å². The molecule has 9 nitrogen and oxygen atoms in total. The second-order valence-corrected chi connectivity index (χ2v) is 21.3. The van der Waals surface area contributed by atoms with E-state index in [1.807, 2.05) is 31.2 Å². The van der Waals surface area contributed by atoms with Crippen molar-refractivity contribution >= 4 is 98.2 Å². The summed E-state index contributed by atoms with van der Waals surface area (Å²) in [6, 6.07) is 22.2. The molecule has 4 N–H and O–H groups in total. The monoisotopic (exact) mass is 1130 g/mol. The summed E-state index contributed by atoms with van der Waals surface area (Å²) in [5.74, 6) is 0.493. The van der Waals surface area contributed by atoms with Gasteiger partial charge in [0, 0.05) is 20.6 Å². The predicted octanol–water partition coefficient (Wildman–Crippen LogP) is 16.9. The van der Waals surface area contributed by atoms with E-state index in [1.165, 1.54) is 74.5 Å². The van der Waals surface area contributed by atoms with Gasteiger partial charge in [-0.1, -0.05) is 188 Å². The van der Waals surface area contributed by atoms with Crippen molar-refractivity contribution in [1.82, 2.24) is 15.1 Å². The van der Waals surface area contributed by atoms with Crippen LogP contribution in [-0.2, 0) is 17.6 Å². The van der Waals surface area contributed by atoms with Crippen molar-refractivity contribution in [2.24, 2.45) is 0 Å². The molecule has 1 atom stereocenters. The lowest BCUT2D eigenvalue weighted by Gasteiger charge is -2.21. The third kappa shape index (κ3) is 17.6. The Morgan fingerprint density at radius 3 is 2.00 bits per heavy atom. The summed E-state index contributed by atoms with van der Waals surface area (Å²) in [4.78, 5) is 43.0. The van der Waals surface area contributed by atoms with Gasteiger partial charge in [-0.2, -0.15) is 0 Å². The first-order chi connectivity index (χ1) is 33.5. The van der Waals surface area contributed by atoms with Gasteiger partial charge in [0.2, 0.25) is 0 Å². The number of H-pyrrole nitrogens is 1. The Kier molecular flexibility index (Phi) is 24.7. The minimum Gasteiger partial charge on any atom is -0.480 e. The molecule has 0 fully saturated rings. The van der Waals surface area contributed by atoms with E-state index in [4.69, 9.17) is 39.5 Å². The largest absolute Gasteiger partial charge is 0.480 e. The summed E-state index contributed by atoms with van der Waals surface area (Å²) in [7, 11) is 0. The van der Waals surface area contributed by atoms with Crippen molar-refractivity contribution in [3.05, 3.63) is 118 Å². The van der Waals surface area contributed by atoms with Gasteiger partial charge in [-0.15, -0.1) is 0 Å². The maximum absolute atomic E-state index is 14.6. The fourth-order valence-electron chi connectivity index (χ4n) is 8.20. The molecule has 5 aromatic rings. The van der Waals surface area contributed by atoms with E-state index in [0.29, 0.717) is 39.8 Å². The summed E-state index contributed by atoms with van der Waals surface area (Å²) in [5, 5.41) is 13.5. The summed E-state index contributed by atoms with van der Waals surface area (Å²) in [6.07, 6.45) is 21.9. The number of hydrogen-bond acceptors (Lipinski definition) is 6. The van der Waals surface area contributed by atoms with Gasteiger partial charge >= 0.3 is 0 Å². The molecule has 0 radical (unpaired) electrons. The number of hydrogen-bond donors (Lipinski definition) is 4. The highest BCUT2D eigenvalue weighted by atomic mass is 127. The molecule has 14 heteroatoms. The molecule has 2 amide bonds. The fraction of sp³-hybridized carbons (Fsp3) is 0.473. The zero-order valence-electron chi connectivity index (χ0n) is 40.9. The van der Waals surface area contributed by atoms with Crippen molar-refractivity contribution < 1.29 is 14.3 Å². The minimum absolute atomic E-state index is 0.217. The molecular formula is C55H71Cl3IN5O4S. The molecule has 1 unspecified atom stereocenters. The molecule has 0 spiro atoms. The van der Waals surface area contributed by atoms with Gasteiger partial charge in [0.25, 0.3) is 17.4 Å². The normalized spacial score (nSPS) is 11.7. The molecule has 0 saturated heterocycles. The van der Waals surface area contributed by atoms with Crippen LogP contribution in [-0.4, -0.2) is 34.2 Å². The van der Waals surface area contributed by atoms with Gasteiger partial charge < -0.3 is 20.7 Å². The van der Waals surface area contributed by atoms with Crippen LogP contribution in [0.4, 0.5) is 17.2 Å². The number of amides is 2. The molecular weight excluding hydrogens is 1060 g/mol. The Bertz CT molecular complexity index is 2450. The van der Waals surface area contributed by atoms with Crippen molar-refractivity contribution in [1.29, 1.82) is 0 Å². The first-order valence-corrected chi connectivity index (χ1v) is 28.2. The number of para-hydroxylation sites is 1. The SMILES string of the molecule is CCCCCCCCCCCCCNC(=O)c1ccc(Cl)c(Nc2[nH]n(-c3c(Cl)cc(I)cc3Cl)c(=O)c2Sc2ccccc2NC(=O)C(CC)Oc2ccc(CCCCC)cc2CCCCC)c1. The maximum atomic E-state index is 14.6. The van der Waals surface area contributed by atoms with Gasteiger partial charge in [0.05, 0.1) is 26.4 Å². The van der Waals surface area contributed by atoms with Crippen LogP contribution in [0.2, 0.25) is 15.1 Å². The lowest BCUT2D eigenvalue weighted by atomic mass is 10.00. The average molecular weight is 1130 g/mol. The third-order valence-corrected chi connectivity index (χ3v) is 14.8. The molecule has 0 aliphatic rings. The number of benzene rings is 4. The lowest BCUT2D eigenvalue weighted by molar-refractivity contribution is -0.122. The number of carbonyl (C=O) groups is 2. The molecule has 374 valence electrons. The Morgan fingerprint density at radius 1 is 0.710 bits per heavy atom. The Balaban J connectivity index is 1.35. The number of nitrogens with zero attached hydrogens (tertiary/aromatic N) is 1. The van der Waals surface area contributed by atoms with Crippen molar-refractivity contribution in [2.45, 2.75) is 172 Å². The number of rotatable bonds is 31. The van der Waals surface area contributed by atoms with Crippen molar-refractivity contribution in [2.75, 3.05) is 17.2 Å². The minimum atomic E-state index is -0.767. The van der Waals surface area contributed by atoms with E-state index < -0.39 is 11.7 Å². The summed E-state index contributed by atoms with van der Waals surface area (Å²) in [5.41, 5.74) is 3.56. The summed E-state index contributed by atoms with van der Waals surface area (Å²) < 4.78 is 8.62. The van der Waals surface area contributed by atoms with Gasteiger partial charge in [-0.05, 0) is 121 Å². The molecule has 69 heavy (non-hydrogen) atoms. The number of ether oxygens (including phenoxy) is 1. The molecule has 0 saturated carbocycles. The zero-order chi connectivity index (χ0) is 49.5. The number of carbonyl (C=O) groups excluding carboxylic acids is 2. The molecule has 4 aromatic carbocycles. The van der Waals surface area contributed by atoms with Crippen LogP contribution in [0, 0.1) is 3.57 Å². The van der Waals surface area contributed by atoms with Crippen LogP contribution in [0.5, 0.6) is 5.75 Å². The summed E-state index contributed by atoms with van der Waals surface area (Å²) in [6.45, 7) is 9.16. The molecule has 1 aromatic heterocycles. The number of halogens is 4. The molecule has 0 bridgehead atoms. The van der Waals surface area contributed by atoms with Crippen molar-refractivity contribution in [3.8, 4) is 11.4 Å². The fourth-order valence-corrected chi connectivity index (χ4v) is 11.0. The van der Waals surface area contributed by atoms with E-state index >= 15 is 0 Å². The molecule has 1 heterocycles. The topological polar surface area (TPSA) is 117 Å². The van der Waals surface area contributed by atoms with E-state index in [0.717, 1.165) is 84.4 Å². The van der Waals surface area contributed by atoms with Crippen molar-refractivity contribution in [3.63, 3.8) is 0 Å². The number of anilines is 3. The zero-order valence-corrected chi connectivity index (χ0v) is 46.1. The first-order valence-electron chi connectivity index (χ1n) is 25.2. The van der Waals surface area contributed by atoms with Crippen LogP contribution in [0.3, 0.4) is 0 Å². The predicted molar refractivity (Wildman–Crippen MR) is 299 cm³/mol.